The Morgan fingerprint density at radius 2 is 1.85 bits per heavy atom. The molecule has 0 unspecified atom stereocenters. The fourth-order valence-electron chi connectivity index (χ4n) is 3.11. The molecule has 34 heavy (non-hydrogen) atoms. The van der Waals surface area contributed by atoms with E-state index in [1.54, 1.807) is 18.2 Å². The average Bonchev–Trinajstić information content (AvgIpc) is 3.34. The first-order chi connectivity index (χ1) is 16.1. The highest BCUT2D eigenvalue weighted by Crippen LogP contribution is 2.35. The number of rotatable bonds is 5. The van der Waals surface area contributed by atoms with Crippen LogP contribution in [0.5, 0.6) is 0 Å². The maximum atomic E-state index is 13.0. The molecule has 1 aliphatic rings. The Labute approximate surface area is 200 Å². The molecule has 174 valence electrons. The zero-order valence-electron chi connectivity index (χ0n) is 17.1. The van der Waals surface area contributed by atoms with Crippen LogP contribution in [0.15, 0.2) is 70.0 Å². The van der Waals surface area contributed by atoms with Crippen LogP contribution < -0.4 is 5.32 Å². The molecule has 1 N–H and O–H groups in total. The number of furan rings is 1. The van der Waals surface area contributed by atoms with E-state index >= 15 is 0 Å². The minimum atomic E-state index is -4.50. The highest BCUT2D eigenvalue weighted by Gasteiger charge is 2.36. The van der Waals surface area contributed by atoms with E-state index < -0.39 is 35.3 Å². The Kier molecular flexibility index (Phi) is 6.54. The largest absolute Gasteiger partial charge is 0.457 e. The standard InChI is InChI=1S/C23H14ClF3N2O4S/c24-15-5-2-6-16(10-15)28-20(30)12-29-21(31)19(34-22(29)32)11-17-7-8-18(33-17)13-3-1-4-14(9-13)23(25,26)27/h1-11H,12H2,(H,28,30)/b19-11+. The summed E-state index contributed by atoms with van der Waals surface area (Å²) in [6, 6.07) is 14.0. The third-order valence-electron chi connectivity index (χ3n) is 4.66. The molecule has 6 nitrogen and oxygen atoms in total. The summed E-state index contributed by atoms with van der Waals surface area (Å²) in [5.41, 5.74) is -0.196. The van der Waals surface area contributed by atoms with Crippen molar-refractivity contribution in [3.8, 4) is 11.3 Å². The number of benzene rings is 2. The van der Waals surface area contributed by atoms with E-state index in [1.807, 2.05) is 0 Å². The van der Waals surface area contributed by atoms with E-state index in [2.05, 4.69) is 5.32 Å². The van der Waals surface area contributed by atoms with Crippen LogP contribution in [0, 0.1) is 0 Å². The molecule has 1 aromatic heterocycles. The van der Waals surface area contributed by atoms with Gasteiger partial charge in [0.15, 0.2) is 0 Å². The van der Waals surface area contributed by atoms with Gasteiger partial charge in [0, 0.05) is 22.3 Å². The van der Waals surface area contributed by atoms with E-state index in [9.17, 15) is 27.6 Å². The number of nitrogens with zero attached hydrogens (tertiary/aromatic N) is 1. The first kappa shape index (κ1) is 23.7. The summed E-state index contributed by atoms with van der Waals surface area (Å²) in [4.78, 5) is 38.0. The fraction of sp³-hybridized carbons (Fsp3) is 0.0870. The minimum Gasteiger partial charge on any atom is -0.457 e. The normalized spacial score (nSPS) is 15.3. The lowest BCUT2D eigenvalue weighted by Gasteiger charge is -2.12. The molecule has 1 saturated heterocycles. The van der Waals surface area contributed by atoms with Crippen molar-refractivity contribution < 1.29 is 32.0 Å². The van der Waals surface area contributed by atoms with Crippen LogP contribution in [0.4, 0.5) is 23.7 Å². The summed E-state index contributed by atoms with van der Waals surface area (Å²) >= 11 is 6.50. The first-order valence-corrected chi connectivity index (χ1v) is 10.9. The molecule has 0 saturated carbocycles. The van der Waals surface area contributed by atoms with Gasteiger partial charge in [0.25, 0.3) is 11.1 Å². The second kappa shape index (κ2) is 9.40. The molecule has 2 aromatic carbocycles. The third-order valence-corrected chi connectivity index (χ3v) is 5.80. The van der Waals surface area contributed by atoms with Crippen molar-refractivity contribution in [3.05, 3.63) is 81.9 Å². The van der Waals surface area contributed by atoms with E-state index in [-0.39, 0.29) is 22.0 Å². The number of imide groups is 1. The molecule has 0 spiro atoms. The molecular weight excluding hydrogens is 493 g/mol. The van der Waals surface area contributed by atoms with E-state index in [1.165, 1.54) is 36.4 Å². The molecule has 3 aromatic rings. The van der Waals surface area contributed by atoms with E-state index in [4.69, 9.17) is 16.0 Å². The monoisotopic (exact) mass is 506 g/mol. The van der Waals surface area contributed by atoms with Crippen molar-refractivity contribution in [2.24, 2.45) is 0 Å². The van der Waals surface area contributed by atoms with Crippen LogP contribution in [0.2, 0.25) is 5.02 Å². The number of alkyl halides is 3. The minimum absolute atomic E-state index is 0.0190. The number of anilines is 1. The molecule has 1 aliphatic heterocycles. The Morgan fingerprint density at radius 3 is 2.59 bits per heavy atom. The van der Waals surface area contributed by atoms with E-state index in [0.717, 1.165) is 17.0 Å². The lowest BCUT2D eigenvalue weighted by atomic mass is 10.1. The molecule has 0 bridgehead atoms. The number of nitrogens with one attached hydrogen (secondary N) is 1. The number of halogens is 4. The van der Waals surface area contributed by atoms with Crippen molar-refractivity contribution in [1.29, 1.82) is 0 Å². The smallest absolute Gasteiger partial charge is 0.416 e. The van der Waals surface area contributed by atoms with Crippen molar-refractivity contribution in [3.63, 3.8) is 0 Å². The summed E-state index contributed by atoms with van der Waals surface area (Å²) in [6.45, 7) is -0.498. The van der Waals surface area contributed by atoms with Gasteiger partial charge < -0.3 is 9.73 Å². The molecule has 11 heteroatoms. The van der Waals surface area contributed by atoms with Gasteiger partial charge in [-0.25, -0.2) is 0 Å². The van der Waals surface area contributed by atoms with Gasteiger partial charge in [-0.1, -0.05) is 29.8 Å². The first-order valence-electron chi connectivity index (χ1n) is 9.68. The van der Waals surface area contributed by atoms with Gasteiger partial charge >= 0.3 is 6.18 Å². The third kappa shape index (κ3) is 5.35. The quantitative estimate of drug-likeness (QED) is 0.411. The van der Waals surface area contributed by atoms with Crippen LogP contribution in [0.1, 0.15) is 11.3 Å². The molecule has 0 atom stereocenters. The lowest BCUT2D eigenvalue weighted by Crippen LogP contribution is -2.36. The van der Waals surface area contributed by atoms with Gasteiger partial charge in [0.2, 0.25) is 5.91 Å². The van der Waals surface area contributed by atoms with Crippen LogP contribution in [-0.2, 0) is 15.8 Å². The van der Waals surface area contributed by atoms with Crippen LogP contribution in [0.25, 0.3) is 17.4 Å². The van der Waals surface area contributed by atoms with Gasteiger partial charge in [-0.05, 0) is 54.2 Å². The van der Waals surface area contributed by atoms with E-state index in [0.29, 0.717) is 22.5 Å². The number of carbonyl (C=O) groups excluding carboxylic acids is 3. The molecular formula is C23H14ClF3N2O4S. The number of carbonyl (C=O) groups is 3. The Hall–Kier alpha value is -3.50. The maximum absolute atomic E-state index is 13.0. The van der Waals surface area contributed by atoms with Crippen molar-refractivity contribution >= 4 is 52.2 Å². The van der Waals surface area contributed by atoms with Crippen molar-refractivity contribution in [2.75, 3.05) is 11.9 Å². The van der Waals surface area contributed by atoms with Gasteiger partial charge in [-0.2, -0.15) is 13.2 Å². The van der Waals surface area contributed by atoms with Crippen molar-refractivity contribution in [2.45, 2.75) is 6.18 Å². The zero-order valence-corrected chi connectivity index (χ0v) is 18.6. The van der Waals surface area contributed by atoms with Crippen molar-refractivity contribution in [1.82, 2.24) is 4.90 Å². The van der Waals surface area contributed by atoms with Gasteiger partial charge in [0.1, 0.15) is 18.1 Å². The van der Waals surface area contributed by atoms with Crippen LogP contribution in [-0.4, -0.2) is 28.5 Å². The number of hydrogen-bond acceptors (Lipinski definition) is 5. The van der Waals surface area contributed by atoms with Gasteiger partial charge in [0.05, 0.1) is 10.5 Å². The van der Waals surface area contributed by atoms with Crippen LogP contribution >= 0.6 is 23.4 Å². The second-order valence-corrected chi connectivity index (χ2v) is 8.54. The molecule has 0 radical (unpaired) electrons. The Balaban J connectivity index is 1.46. The Morgan fingerprint density at radius 1 is 1.09 bits per heavy atom. The summed E-state index contributed by atoms with van der Waals surface area (Å²) in [5.74, 6) is -0.942. The predicted molar refractivity (Wildman–Crippen MR) is 122 cm³/mol. The maximum Gasteiger partial charge on any atom is 0.416 e. The summed E-state index contributed by atoms with van der Waals surface area (Å²) in [5, 5.41) is 2.33. The number of amides is 3. The molecule has 1 fully saturated rings. The predicted octanol–water partition coefficient (Wildman–Crippen LogP) is 6.29. The molecule has 3 amide bonds. The summed E-state index contributed by atoms with van der Waals surface area (Å²) in [6.07, 6.45) is -3.19. The second-order valence-electron chi connectivity index (χ2n) is 7.11. The summed E-state index contributed by atoms with van der Waals surface area (Å²) < 4.78 is 44.4. The highest BCUT2D eigenvalue weighted by atomic mass is 35.5. The number of thioether (sulfide) groups is 1. The highest BCUT2D eigenvalue weighted by molar-refractivity contribution is 8.18. The lowest BCUT2D eigenvalue weighted by molar-refractivity contribution is -0.137. The zero-order chi connectivity index (χ0) is 24.5. The molecule has 2 heterocycles. The summed E-state index contributed by atoms with van der Waals surface area (Å²) in [7, 11) is 0. The van der Waals surface area contributed by atoms with Gasteiger partial charge in [-0.3, -0.25) is 19.3 Å². The fourth-order valence-corrected chi connectivity index (χ4v) is 4.12. The average molecular weight is 507 g/mol. The number of hydrogen-bond donors (Lipinski definition) is 1. The SMILES string of the molecule is O=C(CN1C(=O)S/C(=C/c2ccc(-c3cccc(C(F)(F)F)c3)o2)C1=O)Nc1cccc(Cl)c1. The Bertz CT molecular complexity index is 1320. The molecule has 0 aliphatic carbocycles. The van der Waals surface area contributed by atoms with Crippen LogP contribution in [0.3, 0.4) is 0 Å². The topological polar surface area (TPSA) is 79.6 Å². The molecule has 4 rings (SSSR count). The van der Waals surface area contributed by atoms with Gasteiger partial charge in [-0.15, -0.1) is 0 Å².